The normalized spacial score (nSPS) is 29.5. The highest BCUT2D eigenvalue weighted by molar-refractivity contribution is 14.0. The fraction of sp³-hybridized carbons (Fsp3) is 0.632. The SMILES string of the molecule is CCNC(=NCc1cc(Cl)ccc1OC)N1CC2C3CCC(O3)C2C1.I. The summed E-state index contributed by atoms with van der Waals surface area (Å²) in [4.78, 5) is 7.27. The van der Waals surface area contributed by atoms with Crippen LogP contribution in [0.3, 0.4) is 0 Å². The average Bonchev–Trinajstić information content (AvgIpc) is 3.31. The van der Waals surface area contributed by atoms with Gasteiger partial charge in [-0.2, -0.15) is 0 Å². The Balaban J connectivity index is 0.00000196. The molecule has 5 nitrogen and oxygen atoms in total. The van der Waals surface area contributed by atoms with E-state index < -0.39 is 0 Å². The molecule has 3 heterocycles. The van der Waals surface area contributed by atoms with Crippen LogP contribution in [0.2, 0.25) is 5.02 Å². The predicted molar refractivity (Wildman–Crippen MR) is 115 cm³/mol. The summed E-state index contributed by atoms with van der Waals surface area (Å²) in [6, 6.07) is 5.67. The summed E-state index contributed by atoms with van der Waals surface area (Å²) < 4.78 is 11.5. The van der Waals surface area contributed by atoms with Crippen molar-refractivity contribution in [3.05, 3.63) is 28.8 Å². The van der Waals surface area contributed by atoms with Gasteiger partial charge in [0.1, 0.15) is 5.75 Å². The van der Waals surface area contributed by atoms with E-state index in [0.29, 0.717) is 35.6 Å². The maximum atomic E-state index is 6.14. The molecule has 3 saturated heterocycles. The van der Waals surface area contributed by atoms with Crippen LogP contribution < -0.4 is 10.1 Å². The Morgan fingerprint density at radius 3 is 2.62 bits per heavy atom. The zero-order valence-electron chi connectivity index (χ0n) is 15.3. The Hall–Kier alpha value is -0.730. The topological polar surface area (TPSA) is 46.1 Å². The number of halogens is 2. The smallest absolute Gasteiger partial charge is 0.194 e. The van der Waals surface area contributed by atoms with E-state index in [9.17, 15) is 0 Å². The molecular formula is C19H27ClIN3O2. The second-order valence-corrected chi connectivity index (χ2v) is 7.59. The van der Waals surface area contributed by atoms with Crippen molar-refractivity contribution in [1.29, 1.82) is 0 Å². The van der Waals surface area contributed by atoms with Crippen molar-refractivity contribution in [1.82, 2.24) is 10.2 Å². The van der Waals surface area contributed by atoms with Crippen LogP contribution in [-0.2, 0) is 11.3 Å². The molecule has 3 fully saturated rings. The molecule has 144 valence electrons. The molecule has 7 heteroatoms. The third kappa shape index (κ3) is 3.78. The number of nitrogens with zero attached hydrogens (tertiary/aromatic N) is 2. The van der Waals surface area contributed by atoms with E-state index in [2.05, 4.69) is 17.1 Å². The molecule has 0 saturated carbocycles. The maximum Gasteiger partial charge on any atom is 0.194 e. The van der Waals surface area contributed by atoms with Crippen molar-refractivity contribution >= 4 is 41.5 Å². The highest BCUT2D eigenvalue weighted by Gasteiger charge is 2.53. The van der Waals surface area contributed by atoms with Crippen LogP contribution in [0.5, 0.6) is 5.75 Å². The van der Waals surface area contributed by atoms with Gasteiger partial charge in [-0.25, -0.2) is 4.99 Å². The van der Waals surface area contributed by atoms with Crippen LogP contribution in [0.4, 0.5) is 0 Å². The molecule has 0 aliphatic carbocycles. The Labute approximate surface area is 177 Å². The second kappa shape index (κ2) is 8.52. The molecule has 3 aliphatic rings. The minimum Gasteiger partial charge on any atom is -0.496 e. The first-order valence-corrected chi connectivity index (χ1v) is 9.58. The van der Waals surface area contributed by atoms with Gasteiger partial charge in [-0.15, -0.1) is 24.0 Å². The zero-order valence-corrected chi connectivity index (χ0v) is 18.4. The molecule has 1 N–H and O–H groups in total. The minimum absolute atomic E-state index is 0. The zero-order chi connectivity index (χ0) is 17.4. The van der Waals surface area contributed by atoms with E-state index >= 15 is 0 Å². The lowest BCUT2D eigenvalue weighted by Crippen LogP contribution is -2.41. The van der Waals surface area contributed by atoms with Crippen LogP contribution in [0.1, 0.15) is 25.3 Å². The lowest BCUT2D eigenvalue weighted by Gasteiger charge is -2.23. The highest BCUT2D eigenvalue weighted by atomic mass is 127. The van der Waals surface area contributed by atoms with Crippen molar-refractivity contribution < 1.29 is 9.47 Å². The van der Waals surface area contributed by atoms with Crippen LogP contribution >= 0.6 is 35.6 Å². The Morgan fingerprint density at radius 2 is 2.00 bits per heavy atom. The van der Waals surface area contributed by atoms with Crippen molar-refractivity contribution in [3.63, 3.8) is 0 Å². The lowest BCUT2D eigenvalue weighted by molar-refractivity contribution is 0.0767. The van der Waals surface area contributed by atoms with E-state index in [1.54, 1.807) is 7.11 Å². The Bertz CT molecular complexity index is 654. The van der Waals surface area contributed by atoms with E-state index in [1.165, 1.54) is 12.8 Å². The van der Waals surface area contributed by atoms with Gasteiger partial charge >= 0.3 is 0 Å². The van der Waals surface area contributed by atoms with Gasteiger partial charge in [0, 0.05) is 42.1 Å². The molecule has 1 aromatic rings. The number of guanidine groups is 1. The average molecular weight is 492 g/mol. The quantitative estimate of drug-likeness (QED) is 0.398. The van der Waals surface area contributed by atoms with Crippen molar-refractivity contribution in [3.8, 4) is 5.75 Å². The van der Waals surface area contributed by atoms with Gasteiger partial charge in [0.05, 0.1) is 25.9 Å². The van der Waals surface area contributed by atoms with E-state index in [-0.39, 0.29) is 24.0 Å². The predicted octanol–water partition coefficient (Wildman–Crippen LogP) is 3.54. The third-order valence-electron chi connectivity index (χ3n) is 5.73. The second-order valence-electron chi connectivity index (χ2n) is 7.15. The summed E-state index contributed by atoms with van der Waals surface area (Å²) in [6.07, 6.45) is 3.40. The Morgan fingerprint density at radius 1 is 1.31 bits per heavy atom. The van der Waals surface area contributed by atoms with Crippen LogP contribution in [0.15, 0.2) is 23.2 Å². The summed E-state index contributed by atoms with van der Waals surface area (Å²) in [6.45, 7) is 5.62. The molecule has 4 rings (SSSR count). The summed E-state index contributed by atoms with van der Waals surface area (Å²) in [5.74, 6) is 3.15. The minimum atomic E-state index is 0. The molecule has 0 amide bonds. The van der Waals surface area contributed by atoms with Gasteiger partial charge in [0.15, 0.2) is 5.96 Å². The molecule has 3 aliphatic heterocycles. The first-order chi connectivity index (χ1) is 12.2. The molecule has 0 radical (unpaired) electrons. The van der Waals surface area contributed by atoms with Crippen LogP contribution in [0.25, 0.3) is 0 Å². The number of aliphatic imine (C=N–C) groups is 1. The first kappa shape index (κ1) is 20.0. The summed E-state index contributed by atoms with van der Waals surface area (Å²) in [5.41, 5.74) is 1.01. The molecule has 0 aromatic heterocycles. The number of fused-ring (bicyclic) bond motifs is 5. The van der Waals surface area contributed by atoms with Gasteiger partial charge < -0.3 is 19.7 Å². The Kier molecular flexibility index (Phi) is 6.56. The van der Waals surface area contributed by atoms with Crippen molar-refractivity contribution in [2.45, 2.75) is 38.5 Å². The molecule has 1 aromatic carbocycles. The molecule has 0 spiro atoms. The summed E-state index contributed by atoms with van der Waals surface area (Å²) in [7, 11) is 1.68. The number of rotatable bonds is 4. The monoisotopic (exact) mass is 491 g/mol. The van der Waals surface area contributed by atoms with Gasteiger partial charge in [-0.3, -0.25) is 0 Å². The summed E-state index contributed by atoms with van der Waals surface area (Å²) >= 11 is 6.14. The third-order valence-corrected chi connectivity index (χ3v) is 5.96. The fourth-order valence-electron chi connectivity index (χ4n) is 4.59. The molecule has 26 heavy (non-hydrogen) atoms. The number of likely N-dealkylation sites (tertiary alicyclic amines) is 1. The fourth-order valence-corrected chi connectivity index (χ4v) is 4.78. The number of benzene rings is 1. The van der Waals surface area contributed by atoms with Crippen molar-refractivity contribution in [2.75, 3.05) is 26.7 Å². The van der Waals surface area contributed by atoms with E-state index in [1.807, 2.05) is 18.2 Å². The van der Waals surface area contributed by atoms with Gasteiger partial charge in [0.2, 0.25) is 0 Å². The first-order valence-electron chi connectivity index (χ1n) is 9.20. The highest BCUT2D eigenvalue weighted by Crippen LogP contribution is 2.47. The van der Waals surface area contributed by atoms with Crippen LogP contribution in [-0.4, -0.2) is 49.8 Å². The largest absolute Gasteiger partial charge is 0.496 e. The van der Waals surface area contributed by atoms with Gasteiger partial charge in [-0.05, 0) is 38.0 Å². The molecule has 4 unspecified atom stereocenters. The van der Waals surface area contributed by atoms with Crippen LogP contribution in [0, 0.1) is 11.8 Å². The lowest BCUT2D eigenvalue weighted by atomic mass is 9.82. The number of ether oxygens (including phenoxy) is 2. The number of hydrogen-bond acceptors (Lipinski definition) is 3. The number of methoxy groups -OCH3 is 1. The molecule has 2 bridgehead atoms. The van der Waals surface area contributed by atoms with Crippen molar-refractivity contribution in [2.24, 2.45) is 16.8 Å². The van der Waals surface area contributed by atoms with E-state index in [4.69, 9.17) is 26.1 Å². The standard InChI is InChI=1S/C19H26ClN3O2.HI/c1-3-21-19(22-9-12-8-13(20)4-5-16(12)24-2)23-10-14-15(11-23)18-7-6-17(14)25-18;/h4-5,8,14-15,17-18H,3,6-7,9-11H2,1-2H3,(H,21,22);1H. The van der Waals surface area contributed by atoms with E-state index in [0.717, 1.165) is 36.9 Å². The summed E-state index contributed by atoms with van der Waals surface area (Å²) in [5, 5.41) is 4.16. The molecule has 4 atom stereocenters. The number of hydrogen-bond donors (Lipinski definition) is 1. The van der Waals surface area contributed by atoms with Gasteiger partial charge in [0.25, 0.3) is 0 Å². The molecular weight excluding hydrogens is 465 g/mol. The maximum absolute atomic E-state index is 6.14. The number of nitrogens with one attached hydrogen (secondary N) is 1. The van der Waals surface area contributed by atoms with Gasteiger partial charge in [-0.1, -0.05) is 11.6 Å².